The van der Waals surface area contributed by atoms with Gasteiger partial charge in [0.15, 0.2) is 0 Å². The lowest BCUT2D eigenvalue weighted by atomic mass is 10.1. The zero-order valence-electron chi connectivity index (χ0n) is 10.0. The maximum absolute atomic E-state index is 5.96. The molecule has 90 valence electrons. The van der Waals surface area contributed by atoms with Crippen molar-refractivity contribution in [3.63, 3.8) is 0 Å². The summed E-state index contributed by atoms with van der Waals surface area (Å²) >= 11 is 7.82. The maximum atomic E-state index is 5.96. The molecule has 4 heteroatoms. The summed E-state index contributed by atoms with van der Waals surface area (Å²) in [6.45, 7) is 3.06. The third-order valence-corrected chi connectivity index (χ3v) is 3.74. The zero-order valence-corrected chi connectivity index (χ0v) is 11.6. The van der Waals surface area contributed by atoms with Gasteiger partial charge in [0.25, 0.3) is 0 Å². The second-order valence-electron chi connectivity index (χ2n) is 4.06. The number of rotatable bonds is 5. The lowest BCUT2D eigenvalue weighted by Crippen LogP contribution is -2.30. The van der Waals surface area contributed by atoms with Crippen LogP contribution in [0.15, 0.2) is 18.2 Å². The highest BCUT2D eigenvalue weighted by atomic mass is 35.5. The number of nitrogens with two attached hydrogens (primary N) is 1. The molecule has 0 aliphatic carbocycles. The number of nitrogens with zero attached hydrogens (tertiary/aromatic N) is 1. The van der Waals surface area contributed by atoms with Gasteiger partial charge in [-0.1, -0.05) is 11.6 Å². The Balaban J connectivity index is 2.68. The Kier molecular flexibility index (Phi) is 5.46. The molecule has 0 heterocycles. The monoisotopic (exact) mass is 258 g/mol. The third-order valence-electron chi connectivity index (χ3n) is 2.69. The molecule has 1 aromatic carbocycles. The molecule has 1 rings (SSSR count). The van der Waals surface area contributed by atoms with E-state index in [0.717, 1.165) is 28.6 Å². The first kappa shape index (κ1) is 13.7. The van der Waals surface area contributed by atoms with Crippen molar-refractivity contribution in [3.05, 3.63) is 28.8 Å². The Morgan fingerprint density at radius 2 is 2.19 bits per heavy atom. The average molecular weight is 259 g/mol. The lowest BCUT2D eigenvalue weighted by Gasteiger charge is -2.24. The van der Waals surface area contributed by atoms with Crippen LogP contribution in [-0.4, -0.2) is 30.0 Å². The van der Waals surface area contributed by atoms with E-state index in [1.807, 2.05) is 30.0 Å². The number of benzene rings is 1. The molecule has 0 aliphatic heterocycles. The van der Waals surface area contributed by atoms with Gasteiger partial charge >= 0.3 is 0 Å². The van der Waals surface area contributed by atoms with E-state index in [0.29, 0.717) is 6.04 Å². The Bertz CT molecular complexity index is 344. The smallest absolute Gasteiger partial charge is 0.0410 e. The molecule has 0 radical (unpaired) electrons. The van der Waals surface area contributed by atoms with E-state index >= 15 is 0 Å². The molecular formula is C12H19ClN2S. The van der Waals surface area contributed by atoms with Crippen molar-refractivity contribution in [3.8, 4) is 0 Å². The van der Waals surface area contributed by atoms with E-state index in [1.165, 1.54) is 0 Å². The highest BCUT2D eigenvalue weighted by Crippen LogP contribution is 2.20. The van der Waals surface area contributed by atoms with Crippen molar-refractivity contribution in [1.82, 2.24) is 4.90 Å². The number of halogens is 1. The third kappa shape index (κ3) is 3.89. The van der Waals surface area contributed by atoms with Crippen LogP contribution < -0.4 is 5.73 Å². The van der Waals surface area contributed by atoms with E-state index in [2.05, 4.69) is 25.1 Å². The minimum Gasteiger partial charge on any atom is -0.398 e. The molecule has 1 atom stereocenters. The zero-order chi connectivity index (χ0) is 12.1. The molecule has 0 bridgehead atoms. The fourth-order valence-electron chi connectivity index (χ4n) is 1.50. The molecule has 2 N–H and O–H groups in total. The summed E-state index contributed by atoms with van der Waals surface area (Å²) in [7, 11) is 2.11. The number of hydrogen-bond acceptors (Lipinski definition) is 3. The first-order valence-corrected chi connectivity index (χ1v) is 7.05. The van der Waals surface area contributed by atoms with Gasteiger partial charge in [0.1, 0.15) is 0 Å². The van der Waals surface area contributed by atoms with Crippen molar-refractivity contribution in [2.75, 3.05) is 24.8 Å². The predicted molar refractivity (Wildman–Crippen MR) is 75.2 cm³/mol. The van der Waals surface area contributed by atoms with E-state index in [1.54, 1.807) is 0 Å². The van der Waals surface area contributed by atoms with Crippen LogP contribution in [0, 0.1) is 0 Å². The summed E-state index contributed by atoms with van der Waals surface area (Å²) in [5.41, 5.74) is 7.83. The van der Waals surface area contributed by atoms with Crippen LogP contribution in [-0.2, 0) is 6.54 Å². The highest BCUT2D eigenvalue weighted by Gasteiger charge is 2.10. The van der Waals surface area contributed by atoms with Gasteiger partial charge in [-0.05, 0) is 44.0 Å². The minimum atomic E-state index is 0.536. The molecule has 0 aliphatic rings. The Labute approximate surface area is 107 Å². The van der Waals surface area contributed by atoms with Crippen LogP contribution >= 0.6 is 23.4 Å². The fraction of sp³-hybridized carbons (Fsp3) is 0.500. The van der Waals surface area contributed by atoms with Crippen LogP contribution in [0.25, 0.3) is 0 Å². The topological polar surface area (TPSA) is 29.3 Å². The van der Waals surface area contributed by atoms with E-state index in [4.69, 9.17) is 17.3 Å². The molecule has 0 amide bonds. The predicted octanol–water partition coefficient (Wildman–Crippen LogP) is 3.11. The van der Waals surface area contributed by atoms with Crippen molar-refractivity contribution < 1.29 is 0 Å². The SMILES string of the molecule is CSCC(C)N(C)Cc1cc(Cl)ccc1N. The molecule has 0 saturated carbocycles. The van der Waals surface area contributed by atoms with Crippen LogP contribution in [0.2, 0.25) is 5.02 Å². The van der Waals surface area contributed by atoms with Crippen molar-refractivity contribution in [1.29, 1.82) is 0 Å². The fourth-order valence-corrected chi connectivity index (χ4v) is 2.44. The number of anilines is 1. The number of nitrogen functional groups attached to an aromatic ring is 1. The molecule has 0 fully saturated rings. The summed E-state index contributed by atoms with van der Waals surface area (Å²) in [6.07, 6.45) is 2.12. The van der Waals surface area contributed by atoms with E-state index < -0.39 is 0 Å². The summed E-state index contributed by atoms with van der Waals surface area (Å²) in [5.74, 6) is 1.12. The average Bonchev–Trinajstić information content (AvgIpc) is 2.23. The number of thioether (sulfide) groups is 1. The van der Waals surface area contributed by atoms with E-state index in [-0.39, 0.29) is 0 Å². The Hall–Kier alpha value is -0.380. The van der Waals surface area contributed by atoms with Gasteiger partial charge in [-0.15, -0.1) is 0 Å². The van der Waals surface area contributed by atoms with Crippen LogP contribution in [0.5, 0.6) is 0 Å². The molecule has 2 nitrogen and oxygen atoms in total. The second kappa shape index (κ2) is 6.38. The molecular weight excluding hydrogens is 240 g/mol. The van der Waals surface area contributed by atoms with Gasteiger partial charge < -0.3 is 5.73 Å². The summed E-state index contributed by atoms with van der Waals surface area (Å²) in [5, 5.41) is 0.745. The molecule has 1 unspecified atom stereocenters. The first-order chi connectivity index (χ1) is 7.54. The summed E-state index contributed by atoms with van der Waals surface area (Å²) < 4.78 is 0. The highest BCUT2D eigenvalue weighted by molar-refractivity contribution is 7.98. The van der Waals surface area contributed by atoms with Crippen molar-refractivity contribution >= 4 is 29.1 Å². The number of hydrogen-bond donors (Lipinski definition) is 1. The second-order valence-corrected chi connectivity index (χ2v) is 5.41. The lowest BCUT2D eigenvalue weighted by molar-refractivity contribution is 0.270. The van der Waals surface area contributed by atoms with Gasteiger partial charge in [-0.25, -0.2) is 0 Å². The van der Waals surface area contributed by atoms with Gasteiger partial charge in [0.05, 0.1) is 0 Å². The maximum Gasteiger partial charge on any atom is 0.0410 e. The van der Waals surface area contributed by atoms with Gasteiger partial charge in [0, 0.05) is 29.0 Å². The molecule has 0 aromatic heterocycles. The van der Waals surface area contributed by atoms with Gasteiger partial charge in [0.2, 0.25) is 0 Å². The van der Waals surface area contributed by atoms with Crippen LogP contribution in [0.1, 0.15) is 12.5 Å². The quantitative estimate of drug-likeness (QED) is 0.823. The summed E-state index contributed by atoms with van der Waals surface area (Å²) in [6, 6.07) is 6.17. The van der Waals surface area contributed by atoms with Crippen molar-refractivity contribution in [2.24, 2.45) is 0 Å². The van der Waals surface area contributed by atoms with E-state index in [9.17, 15) is 0 Å². The molecule has 0 saturated heterocycles. The van der Waals surface area contributed by atoms with Gasteiger partial charge in [-0.2, -0.15) is 11.8 Å². The van der Waals surface area contributed by atoms with Crippen LogP contribution in [0.4, 0.5) is 5.69 Å². The molecule has 0 spiro atoms. The Morgan fingerprint density at radius 1 is 1.50 bits per heavy atom. The van der Waals surface area contributed by atoms with Crippen LogP contribution in [0.3, 0.4) is 0 Å². The largest absolute Gasteiger partial charge is 0.398 e. The normalized spacial score (nSPS) is 13.1. The van der Waals surface area contributed by atoms with Crippen molar-refractivity contribution in [2.45, 2.75) is 19.5 Å². The molecule has 1 aromatic rings. The summed E-state index contributed by atoms with van der Waals surface area (Å²) in [4.78, 5) is 2.29. The standard InChI is InChI=1S/C12H19ClN2S/c1-9(8-16-3)15(2)7-10-6-11(13)4-5-12(10)14/h4-6,9H,7-8,14H2,1-3H3. The Morgan fingerprint density at radius 3 is 2.81 bits per heavy atom. The van der Waals surface area contributed by atoms with Gasteiger partial charge in [-0.3, -0.25) is 4.90 Å². The molecule has 16 heavy (non-hydrogen) atoms. The first-order valence-electron chi connectivity index (χ1n) is 5.27. The minimum absolute atomic E-state index is 0.536.